The molecule has 1 amide bonds. The van der Waals surface area contributed by atoms with Crippen molar-refractivity contribution in [1.82, 2.24) is 5.32 Å². The molecule has 0 radical (unpaired) electrons. The molecule has 1 aromatic rings. The second-order valence-electron chi connectivity index (χ2n) is 8.55. The number of nitrogens with one attached hydrogen (secondary N) is 1. The second kappa shape index (κ2) is 6.82. The van der Waals surface area contributed by atoms with Gasteiger partial charge in [-0.15, -0.1) is 0 Å². The Morgan fingerprint density at radius 3 is 2.59 bits per heavy atom. The summed E-state index contributed by atoms with van der Waals surface area (Å²) in [6, 6.07) is 7.75. The van der Waals surface area contributed by atoms with Crippen LogP contribution in [0.1, 0.15) is 57.6 Å². The van der Waals surface area contributed by atoms with E-state index in [2.05, 4.69) is 5.32 Å². The lowest BCUT2D eigenvalue weighted by Gasteiger charge is -2.44. The average molecular weight is 373 g/mol. The number of benzene rings is 1. The fourth-order valence-electron chi connectivity index (χ4n) is 4.50. The van der Waals surface area contributed by atoms with Gasteiger partial charge < -0.3 is 19.5 Å². The zero-order valence-corrected chi connectivity index (χ0v) is 16.0. The van der Waals surface area contributed by atoms with Gasteiger partial charge in [0.25, 0.3) is 0 Å². The molecule has 6 nitrogen and oxygen atoms in total. The normalized spacial score (nSPS) is 28.1. The van der Waals surface area contributed by atoms with Gasteiger partial charge in [0.2, 0.25) is 5.91 Å². The summed E-state index contributed by atoms with van der Waals surface area (Å²) in [4.78, 5) is 24.7. The summed E-state index contributed by atoms with van der Waals surface area (Å²) in [5.74, 6) is 0.0754. The molecule has 3 aliphatic heterocycles. The maximum atomic E-state index is 12.7. The monoisotopic (exact) mass is 373 g/mol. The quantitative estimate of drug-likeness (QED) is 0.825. The molecule has 1 aromatic carbocycles. The van der Waals surface area contributed by atoms with E-state index in [0.717, 1.165) is 30.6 Å². The Balaban J connectivity index is 1.48. The van der Waals surface area contributed by atoms with Crippen molar-refractivity contribution in [3.8, 4) is 5.75 Å². The molecule has 1 N–H and O–H groups in total. The molecule has 0 aromatic heterocycles. The molecule has 1 spiro atoms. The van der Waals surface area contributed by atoms with Crippen LogP contribution in [0.2, 0.25) is 0 Å². The van der Waals surface area contributed by atoms with Crippen molar-refractivity contribution < 1.29 is 23.8 Å². The van der Waals surface area contributed by atoms with Gasteiger partial charge in [-0.3, -0.25) is 9.59 Å². The number of carbonyl (C=O) groups excluding carboxylic acids is 2. The minimum atomic E-state index is -0.487. The van der Waals surface area contributed by atoms with Crippen LogP contribution in [0.3, 0.4) is 0 Å². The van der Waals surface area contributed by atoms with Gasteiger partial charge in [0, 0.05) is 37.7 Å². The SMILES string of the molecule is CC1(C)C[C@H](CC(=O)N[C@@H]2CC3(CCOCC3)Oc3ccccc32)C(=O)O1. The van der Waals surface area contributed by atoms with Crippen molar-refractivity contribution in [3.05, 3.63) is 29.8 Å². The summed E-state index contributed by atoms with van der Waals surface area (Å²) in [7, 11) is 0. The first-order valence-corrected chi connectivity index (χ1v) is 9.74. The fourth-order valence-corrected chi connectivity index (χ4v) is 4.50. The zero-order chi connectivity index (χ0) is 19.1. The van der Waals surface area contributed by atoms with Gasteiger partial charge >= 0.3 is 5.97 Å². The van der Waals surface area contributed by atoms with Gasteiger partial charge in [0.05, 0.1) is 25.2 Å². The average Bonchev–Trinajstić information content (AvgIpc) is 2.87. The number of para-hydroxylation sites is 1. The van der Waals surface area contributed by atoms with Crippen molar-refractivity contribution >= 4 is 11.9 Å². The van der Waals surface area contributed by atoms with Crippen LogP contribution >= 0.6 is 0 Å². The first-order valence-electron chi connectivity index (χ1n) is 9.74. The van der Waals surface area contributed by atoms with E-state index in [9.17, 15) is 9.59 Å². The highest BCUT2D eigenvalue weighted by Gasteiger charge is 2.44. The minimum Gasteiger partial charge on any atom is -0.487 e. The molecule has 0 saturated carbocycles. The van der Waals surface area contributed by atoms with E-state index in [4.69, 9.17) is 14.2 Å². The summed E-state index contributed by atoms with van der Waals surface area (Å²) in [5.41, 5.74) is 0.218. The van der Waals surface area contributed by atoms with Crippen LogP contribution in [0.15, 0.2) is 24.3 Å². The van der Waals surface area contributed by atoms with Crippen LogP contribution in [0, 0.1) is 5.92 Å². The number of ether oxygens (including phenoxy) is 3. The van der Waals surface area contributed by atoms with Gasteiger partial charge in [-0.25, -0.2) is 0 Å². The molecule has 6 heteroatoms. The predicted molar refractivity (Wildman–Crippen MR) is 98.2 cm³/mol. The van der Waals surface area contributed by atoms with Gasteiger partial charge in [-0.05, 0) is 19.9 Å². The van der Waals surface area contributed by atoms with Gasteiger partial charge in [-0.1, -0.05) is 18.2 Å². The van der Waals surface area contributed by atoms with Crippen LogP contribution in [-0.2, 0) is 19.1 Å². The Kier molecular flexibility index (Phi) is 4.62. The molecular formula is C21H27NO5. The van der Waals surface area contributed by atoms with Crippen molar-refractivity contribution in [2.24, 2.45) is 5.92 Å². The van der Waals surface area contributed by atoms with E-state index >= 15 is 0 Å². The molecule has 146 valence electrons. The Hall–Kier alpha value is -2.08. The summed E-state index contributed by atoms with van der Waals surface area (Å²) in [5, 5.41) is 3.15. The third-order valence-corrected chi connectivity index (χ3v) is 5.82. The second-order valence-corrected chi connectivity index (χ2v) is 8.55. The molecular weight excluding hydrogens is 346 g/mol. The van der Waals surface area contributed by atoms with Gasteiger partial charge in [0.15, 0.2) is 0 Å². The van der Waals surface area contributed by atoms with Crippen LogP contribution in [-0.4, -0.2) is 36.3 Å². The van der Waals surface area contributed by atoms with Crippen molar-refractivity contribution in [2.75, 3.05) is 13.2 Å². The number of hydrogen-bond donors (Lipinski definition) is 1. The van der Waals surface area contributed by atoms with E-state index in [1.54, 1.807) is 0 Å². The van der Waals surface area contributed by atoms with Crippen molar-refractivity contribution in [1.29, 1.82) is 0 Å². The molecule has 2 fully saturated rings. The predicted octanol–water partition coefficient (Wildman–Crippen LogP) is 2.91. The summed E-state index contributed by atoms with van der Waals surface area (Å²) in [6.07, 6.45) is 3.09. The van der Waals surface area contributed by atoms with Gasteiger partial charge in [0.1, 0.15) is 17.0 Å². The van der Waals surface area contributed by atoms with Crippen LogP contribution in [0.25, 0.3) is 0 Å². The molecule has 2 saturated heterocycles. The largest absolute Gasteiger partial charge is 0.487 e. The number of rotatable bonds is 3. The Morgan fingerprint density at radius 2 is 1.89 bits per heavy atom. The molecule has 27 heavy (non-hydrogen) atoms. The van der Waals surface area contributed by atoms with Crippen molar-refractivity contribution in [3.63, 3.8) is 0 Å². The molecule has 0 unspecified atom stereocenters. The van der Waals surface area contributed by atoms with Crippen LogP contribution < -0.4 is 10.1 Å². The summed E-state index contributed by atoms with van der Waals surface area (Å²) >= 11 is 0. The molecule has 4 rings (SSSR count). The molecule has 2 atom stereocenters. The van der Waals surface area contributed by atoms with E-state index in [0.29, 0.717) is 19.6 Å². The van der Waals surface area contributed by atoms with E-state index in [1.165, 1.54) is 0 Å². The lowest BCUT2D eigenvalue weighted by molar-refractivity contribution is -0.149. The minimum absolute atomic E-state index is 0.112. The topological polar surface area (TPSA) is 73.9 Å². The molecule has 0 bridgehead atoms. The third kappa shape index (κ3) is 3.81. The standard InChI is InChI=1S/C21H27NO5/c1-20(2)12-14(19(24)27-20)11-18(23)22-16-13-21(7-9-25-10-8-21)26-17-6-4-3-5-15(16)17/h3-6,14,16H,7-13H2,1-2H3,(H,22,23)/t14-,16+/m0/s1. The lowest BCUT2D eigenvalue weighted by atomic mass is 9.82. The maximum absolute atomic E-state index is 12.7. The van der Waals surface area contributed by atoms with E-state index in [1.807, 2.05) is 38.1 Å². The summed E-state index contributed by atoms with van der Waals surface area (Å²) in [6.45, 7) is 5.11. The van der Waals surface area contributed by atoms with E-state index < -0.39 is 5.60 Å². The summed E-state index contributed by atoms with van der Waals surface area (Å²) < 4.78 is 17.2. The first kappa shape index (κ1) is 18.3. The fraction of sp³-hybridized carbons (Fsp3) is 0.619. The molecule has 3 aliphatic rings. The number of fused-ring (bicyclic) bond motifs is 1. The Bertz CT molecular complexity index is 738. The number of cyclic esters (lactones) is 1. The highest BCUT2D eigenvalue weighted by Crippen LogP contribution is 2.44. The number of hydrogen-bond acceptors (Lipinski definition) is 5. The third-order valence-electron chi connectivity index (χ3n) is 5.82. The highest BCUT2D eigenvalue weighted by atomic mass is 16.6. The molecule has 0 aliphatic carbocycles. The van der Waals surface area contributed by atoms with E-state index in [-0.39, 0.29) is 35.9 Å². The number of amides is 1. The zero-order valence-electron chi connectivity index (χ0n) is 16.0. The Labute approximate surface area is 159 Å². The Morgan fingerprint density at radius 1 is 1.15 bits per heavy atom. The molecule has 3 heterocycles. The maximum Gasteiger partial charge on any atom is 0.310 e. The van der Waals surface area contributed by atoms with Crippen LogP contribution in [0.4, 0.5) is 0 Å². The lowest BCUT2D eigenvalue weighted by Crippen LogP contribution is -2.48. The smallest absolute Gasteiger partial charge is 0.310 e. The number of carbonyl (C=O) groups is 2. The number of esters is 1. The van der Waals surface area contributed by atoms with Gasteiger partial charge in [-0.2, -0.15) is 0 Å². The van der Waals surface area contributed by atoms with Crippen LogP contribution in [0.5, 0.6) is 5.75 Å². The van der Waals surface area contributed by atoms with Crippen molar-refractivity contribution in [2.45, 2.75) is 63.2 Å². The first-order chi connectivity index (χ1) is 12.9. The highest BCUT2D eigenvalue weighted by molar-refractivity contribution is 5.84.